The van der Waals surface area contributed by atoms with Crippen LogP contribution in [0, 0.1) is 5.41 Å². The summed E-state index contributed by atoms with van der Waals surface area (Å²) in [7, 11) is 0. The summed E-state index contributed by atoms with van der Waals surface area (Å²) in [6.45, 7) is 3.60. The van der Waals surface area contributed by atoms with Crippen LogP contribution in [-0.2, 0) is 23.8 Å². The molecule has 0 spiro atoms. The van der Waals surface area contributed by atoms with Gasteiger partial charge in [0.2, 0.25) is 18.5 Å². The van der Waals surface area contributed by atoms with E-state index in [-0.39, 0.29) is 12.4 Å². The van der Waals surface area contributed by atoms with Gasteiger partial charge in [0.15, 0.2) is 5.76 Å². The summed E-state index contributed by atoms with van der Waals surface area (Å²) in [5.74, 6) is -1.72. The van der Waals surface area contributed by atoms with Crippen LogP contribution < -0.4 is 5.32 Å². The molecule has 0 aliphatic heterocycles. The second kappa shape index (κ2) is 11.4. The maximum absolute atomic E-state index is 11.5. The first kappa shape index (κ1) is 18.6. The average molecular weight is 300 g/mol. The Hall–Kier alpha value is -2.38. The predicted octanol–water partition coefficient (Wildman–Crippen LogP) is 1.15. The Kier molecular flexibility index (Phi) is 10.1. The molecule has 0 rings (SSSR count). The summed E-state index contributed by atoms with van der Waals surface area (Å²) >= 11 is 0. The third-order valence-electron chi connectivity index (χ3n) is 2.12. The molecule has 21 heavy (non-hydrogen) atoms. The average Bonchev–Trinajstić information content (AvgIpc) is 2.46. The molecule has 0 saturated heterocycles. The van der Waals surface area contributed by atoms with Crippen LogP contribution in [0.5, 0.6) is 0 Å². The number of carbonyl (C=O) groups excluding carboxylic acids is 3. The zero-order valence-corrected chi connectivity index (χ0v) is 12.1. The van der Waals surface area contributed by atoms with Crippen molar-refractivity contribution in [3.8, 4) is 0 Å². The van der Waals surface area contributed by atoms with Crippen molar-refractivity contribution in [3.05, 3.63) is 11.8 Å². The highest BCUT2D eigenvalue weighted by molar-refractivity contribution is 6.34. The molecule has 0 aromatic carbocycles. The number of Topliss-reactive ketones (excluding diaryl/α,β-unsaturated/α-hetero) is 1. The van der Waals surface area contributed by atoms with E-state index in [9.17, 15) is 14.4 Å². The van der Waals surface area contributed by atoms with Gasteiger partial charge in [0.25, 0.3) is 0 Å². The molecule has 0 atom stereocenters. The fourth-order valence-electron chi connectivity index (χ4n) is 1.11. The van der Waals surface area contributed by atoms with E-state index in [2.05, 4.69) is 14.8 Å². The smallest absolute Gasteiger partial charge is 0.453 e. The van der Waals surface area contributed by atoms with Gasteiger partial charge < -0.3 is 24.9 Å². The maximum atomic E-state index is 11.5. The maximum Gasteiger partial charge on any atom is 0.511 e. The Labute approximate surface area is 122 Å². The lowest BCUT2D eigenvalue weighted by Crippen LogP contribution is -2.24. The van der Waals surface area contributed by atoms with Gasteiger partial charge in [-0.15, -0.1) is 0 Å². The lowest BCUT2D eigenvalue weighted by atomic mass is 10.3. The van der Waals surface area contributed by atoms with Crippen LogP contribution in [0.1, 0.15) is 26.7 Å². The quantitative estimate of drug-likeness (QED) is 0.156. The highest BCUT2D eigenvalue weighted by atomic mass is 16.8. The summed E-state index contributed by atoms with van der Waals surface area (Å²) in [6, 6.07) is 0. The summed E-state index contributed by atoms with van der Waals surface area (Å²) < 4.78 is 13.9. The molecule has 0 bridgehead atoms. The van der Waals surface area contributed by atoms with Gasteiger partial charge in [-0.2, -0.15) is 0 Å². The van der Waals surface area contributed by atoms with Crippen LogP contribution in [0.15, 0.2) is 11.8 Å². The SMILES string of the molecule is CCCCNC(=O)/C=C(\OCOC(=O)OCC)C(=O)C=N. The number of allylic oxidation sites excluding steroid dienone is 1. The zero-order valence-electron chi connectivity index (χ0n) is 12.1. The zero-order chi connectivity index (χ0) is 16.1. The van der Waals surface area contributed by atoms with E-state index in [1.807, 2.05) is 6.92 Å². The third-order valence-corrected chi connectivity index (χ3v) is 2.12. The van der Waals surface area contributed by atoms with Gasteiger partial charge in [0.1, 0.15) is 0 Å². The number of hydrogen-bond donors (Lipinski definition) is 2. The van der Waals surface area contributed by atoms with E-state index in [1.165, 1.54) is 0 Å². The molecule has 0 heterocycles. The highest BCUT2D eigenvalue weighted by Crippen LogP contribution is 2.00. The van der Waals surface area contributed by atoms with Crippen molar-refractivity contribution in [2.75, 3.05) is 19.9 Å². The van der Waals surface area contributed by atoms with E-state index >= 15 is 0 Å². The Balaban J connectivity index is 4.44. The van der Waals surface area contributed by atoms with Crippen molar-refractivity contribution in [1.82, 2.24) is 5.32 Å². The van der Waals surface area contributed by atoms with E-state index < -0.39 is 24.6 Å². The van der Waals surface area contributed by atoms with E-state index in [1.54, 1.807) is 6.92 Å². The molecule has 0 radical (unpaired) electrons. The largest absolute Gasteiger partial charge is 0.511 e. The normalized spacial score (nSPS) is 10.5. The van der Waals surface area contributed by atoms with E-state index in [0.717, 1.165) is 18.9 Å². The second-order valence-electron chi connectivity index (χ2n) is 3.75. The summed E-state index contributed by atoms with van der Waals surface area (Å²) in [6.07, 6.45) is 2.18. The number of ketones is 1. The van der Waals surface area contributed by atoms with Gasteiger partial charge in [-0.3, -0.25) is 9.59 Å². The number of nitrogens with one attached hydrogen (secondary N) is 2. The van der Waals surface area contributed by atoms with Crippen molar-refractivity contribution in [2.45, 2.75) is 26.7 Å². The molecule has 0 aromatic heterocycles. The molecular formula is C13H20N2O6. The molecule has 8 nitrogen and oxygen atoms in total. The minimum Gasteiger partial charge on any atom is -0.453 e. The molecule has 0 aromatic rings. The first-order valence-corrected chi connectivity index (χ1v) is 6.51. The van der Waals surface area contributed by atoms with Crippen LogP contribution in [-0.4, -0.2) is 44.0 Å². The molecule has 0 aliphatic carbocycles. The molecule has 118 valence electrons. The number of unbranched alkanes of at least 4 members (excludes halogenated alkanes) is 1. The highest BCUT2D eigenvalue weighted by Gasteiger charge is 2.12. The number of rotatable bonds is 10. The second-order valence-corrected chi connectivity index (χ2v) is 3.75. The van der Waals surface area contributed by atoms with Gasteiger partial charge in [0.05, 0.1) is 12.8 Å². The molecular weight excluding hydrogens is 280 g/mol. The van der Waals surface area contributed by atoms with Crippen LogP contribution in [0.2, 0.25) is 0 Å². The first-order valence-electron chi connectivity index (χ1n) is 6.51. The van der Waals surface area contributed by atoms with Crippen LogP contribution in [0.3, 0.4) is 0 Å². The summed E-state index contributed by atoms with van der Waals surface area (Å²) in [4.78, 5) is 33.8. The molecule has 0 saturated carbocycles. The monoisotopic (exact) mass is 300 g/mol. The van der Waals surface area contributed by atoms with Crippen molar-refractivity contribution in [3.63, 3.8) is 0 Å². The minimum absolute atomic E-state index is 0.140. The Morgan fingerprint density at radius 3 is 2.43 bits per heavy atom. The summed E-state index contributed by atoms with van der Waals surface area (Å²) in [5.41, 5.74) is 0. The predicted molar refractivity (Wildman–Crippen MR) is 73.9 cm³/mol. The van der Waals surface area contributed by atoms with Crippen LogP contribution in [0.25, 0.3) is 0 Å². The molecule has 0 aliphatic rings. The fourth-order valence-corrected chi connectivity index (χ4v) is 1.11. The Bertz CT molecular complexity index is 405. The van der Waals surface area contributed by atoms with Gasteiger partial charge in [-0.1, -0.05) is 13.3 Å². The lowest BCUT2D eigenvalue weighted by molar-refractivity contribution is -0.119. The van der Waals surface area contributed by atoms with Crippen molar-refractivity contribution < 1.29 is 28.6 Å². The number of ether oxygens (including phenoxy) is 3. The van der Waals surface area contributed by atoms with Gasteiger partial charge in [-0.05, 0) is 13.3 Å². The van der Waals surface area contributed by atoms with Crippen LogP contribution >= 0.6 is 0 Å². The molecule has 2 N–H and O–H groups in total. The Morgan fingerprint density at radius 1 is 1.14 bits per heavy atom. The van der Waals surface area contributed by atoms with Gasteiger partial charge >= 0.3 is 6.16 Å². The molecule has 0 unspecified atom stereocenters. The summed E-state index contributed by atoms with van der Waals surface area (Å²) in [5, 5.41) is 9.44. The first-order chi connectivity index (χ1) is 10.0. The molecule has 1 amide bonds. The number of hydrogen-bond acceptors (Lipinski definition) is 7. The topological polar surface area (TPSA) is 115 Å². The van der Waals surface area contributed by atoms with Gasteiger partial charge in [-0.25, -0.2) is 4.79 Å². The van der Waals surface area contributed by atoms with E-state index in [0.29, 0.717) is 12.8 Å². The number of carbonyl (C=O) groups is 3. The van der Waals surface area contributed by atoms with Gasteiger partial charge in [0, 0.05) is 12.6 Å². The molecule has 0 fully saturated rings. The minimum atomic E-state index is -0.952. The molecule has 8 heteroatoms. The van der Waals surface area contributed by atoms with Crippen molar-refractivity contribution >= 4 is 24.1 Å². The third kappa shape index (κ3) is 9.20. The number of amides is 1. The Morgan fingerprint density at radius 2 is 1.86 bits per heavy atom. The van der Waals surface area contributed by atoms with Crippen molar-refractivity contribution in [2.24, 2.45) is 0 Å². The lowest BCUT2D eigenvalue weighted by Gasteiger charge is -2.08. The fraction of sp³-hybridized carbons (Fsp3) is 0.538. The van der Waals surface area contributed by atoms with Crippen molar-refractivity contribution in [1.29, 1.82) is 5.41 Å². The van der Waals surface area contributed by atoms with Crippen LogP contribution in [0.4, 0.5) is 4.79 Å². The standard InChI is InChI=1S/C13H20N2O6/c1-3-5-6-15-12(17)7-11(10(16)8-14)20-9-21-13(18)19-4-2/h7-8,14H,3-6,9H2,1-2H3,(H,15,17)/b11-7-,14-8?. The van der Waals surface area contributed by atoms with E-state index in [4.69, 9.17) is 10.1 Å².